The van der Waals surface area contributed by atoms with Gasteiger partial charge >= 0.3 is 0 Å². The van der Waals surface area contributed by atoms with Gasteiger partial charge in [0.15, 0.2) is 0 Å². The van der Waals surface area contributed by atoms with Crippen molar-refractivity contribution in [1.29, 1.82) is 0 Å². The number of ether oxygens (including phenoxy) is 1. The van der Waals surface area contributed by atoms with Crippen LogP contribution in [-0.2, 0) is 4.74 Å². The molecular formula is C20H38NO+. The van der Waals surface area contributed by atoms with E-state index in [1.807, 2.05) is 0 Å². The molecule has 128 valence electrons. The number of hydrogen-bond donors (Lipinski definition) is 0. The number of unbranched alkanes of at least 4 members (excludes halogenated alkanes) is 3. The van der Waals surface area contributed by atoms with Crippen molar-refractivity contribution >= 4 is 6.21 Å². The van der Waals surface area contributed by atoms with Crippen molar-refractivity contribution in [2.75, 3.05) is 13.2 Å². The fourth-order valence-electron chi connectivity index (χ4n) is 4.63. The molecule has 2 nitrogen and oxygen atoms in total. The predicted molar refractivity (Wildman–Crippen MR) is 94.7 cm³/mol. The van der Waals surface area contributed by atoms with E-state index in [0.717, 1.165) is 18.4 Å². The quantitative estimate of drug-likeness (QED) is 0.432. The summed E-state index contributed by atoms with van der Waals surface area (Å²) in [6.45, 7) is 8.89. The predicted octanol–water partition coefficient (Wildman–Crippen LogP) is 5.39. The van der Waals surface area contributed by atoms with Gasteiger partial charge in [0, 0.05) is 18.8 Å². The van der Waals surface area contributed by atoms with Crippen molar-refractivity contribution in [3.05, 3.63) is 0 Å². The second-order valence-corrected chi connectivity index (χ2v) is 7.38. The maximum Gasteiger partial charge on any atom is 0.269 e. The minimum Gasteiger partial charge on any atom is -0.319 e. The molecule has 22 heavy (non-hydrogen) atoms. The highest BCUT2D eigenvalue weighted by molar-refractivity contribution is 5.56. The van der Waals surface area contributed by atoms with E-state index in [0.29, 0.717) is 0 Å². The highest BCUT2D eigenvalue weighted by atomic mass is 16.5. The van der Waals surface area contributed by atoms with Crippen molar-refractivity contribution in [2.24, 2.45) is 11.8 Å². The molecule has 2 aliphatic rings. The maximum absolute atomic E-state index is 6.51. The van der Waals surface area contributed by atoms with Gasteiger partial charge in [-0.1, -0.05) is 39.5 Å². The Kier molecular flexibility index (Phi) is 7.40. The molecule has 0 aromatic rings. The zero-order valence-electron chi connectivity index (χ0n) is 15.3. The van der Waals surface area contributed by atoms with E-state index in [1.165, 1.54) is 77.2 Å². The summed E-state index contributed by atoms with van der Waals surface area (Å²) in [6.07, 6.45) is 17.3. The van der Waals surface area contributed by atoms with Gasteiger partial charge in [0.2, 0.25) is 0 Å². The van der Waals surface area contributed by atoms with Gasteiger partial charge in [0.25, 0.3) is 5.72 Å². The van der Waals surface area contributed by atoms with Crippen LogP contribution in [0.5, 0.6) is 0 Å². The third kappa shape index (κ3) is 4.13. The van der Waals surface area contributed by atoms with Crippen LogP contribution in [0.25, 0.3) is 0 Å². The van der Waals surface area contributed by atoms with Crippen molar-refractivity contribution in [3.63, 3.8) is 0 Å². The molecule has 1 fully saturated rings. The van der Waals surface area contributed by atoms with Crippen molar-refractivity contribution in [3.8, 4) is 0 Å². The summed E-state index contributed by atoms with van der Waals surface area (Å²) in [5.74, 6) is 1.50. The number of nitrogens with zero attached hydrogens (tertiary/aromatic N) is 1. The molecule has 0 N–H and O–H groups in total. The SMILES string of the molecule is CCCCCCC1CC(CC)C=[N+]2CCCCCC12OCC. The molecule has 0 spiro atoms. The van der Waals surface area contributed by atoms with Gasteiger partial charge in [-0.15, -0.1) is 0 Å². The molecule has 2 heterocycles. The zero-order chi connectivity index (χ0) is 15.8. The third-order valence-electron chi connectivity index (χ3n) is 5.86. The molecule has 2 aliphatic heterocycles. The normalized spacial score (nSPS) is 32.2. The van der Waals surface area contributed by atoms with E-state index in [1.54, 1.807) is 0 Å². The van der Waals surface area contributed by atoms with E-state index >= 15 is 0 Å². The van der Waals surface area contributed by atoms with Gasteiger partial charge < -0.3 is 4.74 Å². The lowest BCUT2D eigenvalue weighted by Gasteiger charge is -2.41. The van der Waals surface area contributed by atoms with E-state index in [4.69, 9.17) is 4.74 Å². The van der Waals surface area contributed by atoms with Crippen LogP contribution in [0.4, 0.5) is 0 Å². The Morgan fingerprint density at radius 2 is 1.95 bits per heavy atom. The lowest BCUT2D eigenvalue weighted by atomic mass is 9.77. The molecule has 2 heteroatoms. The smallest absolute Gasteiger partial charge is 0.269 e. The Labute approximate surface area is 138 Å². The molecule has 0 aliphatic carbocycles. The summed E-state index contributed by atoms with van der Waals surface area (Å²) in [5, 5.41) is 0. The van der Waals surface area contributed by atoms with Gasteiger partial charge in [-0.3, -0.25) is 0 Å². The second kappa shape index (κ2) is 9.05. The molecule has 0 amide bonds. The first-order valence-corrected chi connectivity index (χ1v) is 10.0. The molecule has 0 aromatic heterocycles. The van der Waals surface area contributed by atoms with Crippen LogP contribution in [0.1, 0.15) is 91.4 Å². The van der Waals surface area contributed by atoms with E-state index in [-0.39, 0.29) is 5.72 Å². The van der Waals surface area contributed by atoms with Crippen LogP contribution in [0, 0.1) is 11.8 Å². The van der Waals surface area contributed by atoms with Gasteiger partial charge in [0.1, 0.15) is 12.8 Å². The summed E-state index contributed by atoms with van der Waals surface area (Å²) in [7, 11) is 0. The Bertz CT molecular complexity index is 352. The van der Waals surface area contributed by atoms with Crippen LogP contribution < -0.4 is 0 Å². The monoisotopic (exact) mass is 308 g/mol. The summed E-state index contributed by atoms with van der Waals surface area (Å²) in [6, 6.07) is 0. The first kappa shape index (κ1) is 18.0. The minimum atomic E-state index is 0.0309. The maximum atomic E-state index is 6.51. The average molecular weight is 309 g/mol. The topological polar surface area (TPSA) is 12.2 Å². The standard InChI is InChI=1S/C20H38NO/c1-4-7-8-10-13-19-16-18(5-2)17-21-15-12-9-11-14-20(19,21)22-6-3/h17-19H,4-16H2,1-3H3/q+1. The number of rotatable bonds is 8. The summed E-state index contributed by atoms with van der Waals surface area (Å²) in [5.41, 5.74) is 0.0309. The lowest BCUT2D eigenvalue weighted by Crippen LogP contribution is -2.55. The van der Waals surface area contributed by atoms with Crippen molar-refractivity contribution < 1.29 is 9.31 Å². The Hall–Kier alpha value is -0.370. The molecule has 1 saturated heterocycles. The summed E-state index contributed by atoms with van der Waals surface area (Å²) >= 11 is 0. The van der Waals surface area contributed by atoms with Crippen molar-refractivity contribution in [1.82, 2.24) is 0 Å². The third-order valence-corrected chi connectivity index (χ3v) is 5.86. The molecule has 0 bridgehead atoms. The summed E-state index contributed by atoms with van der Waals surface area (Å²) < 4.78 is 9.16. The van der Waals surface area contributed by atoms with E-state index in [2.05, 4.69) is 31.6 Å². The fourth-order valence-corrected chi connectivity index (χ4v) is 4.63. The van der Waals surface area contributed by atoms with E-state index < -0.39 is 0 Å². The fraction of sp³-hybridized carbons (Fsp3) is 0.950. The Morgan fingerprint density at radius 3 is 2.68 bits per heavy atom. The zero-order valence-corrected chi connectivity index (χ0v) is 15.3. The largest absolute Gasteiger partial charge is 0.319 e. The van der Waals surface area contributed by atoms with Crippen LogP contribution >= 0.6 is 0 Å². The summed E-state index contributed by atoms with van der Waals surface area (Å²) in [4.78, 5) is 0. The minimum absolute atomic E-state index is 0.0309. The molecule has 0 aromatic carbocycles. The van der Waals surface area contributed by atoms with Crippen LogP contribution in [-0.4, -0.2) is 29.7 Å². The Morgan fingerprint density at radius 1 is 1.09 bits per heavy atom. The highest BCUT2D eigenvalue weighted by Crippen LogP contribution is 2.42. The van der Waals surface area contributed by atoms with Crippen molar-refractivity contribution in [2.45, 2.75) is 97.1 Å². The Balaban J connectivity index is 2.17. The van der Waals surface area contributed by atoms with Gasteiger partial charge in [0.05, 0.1) is 12.5 Å². The lowest BCUT2D eigenvalue weighted by molar-refractivity contribution is -0.676. The molecule has 3 atom stereocenters. The highest BCUT2D eigenvalue weighted by Gasteiger charge is 2.52. The van der Waals surface area contributed by atoms with Gasteiger partial charge in [-0.2, -0.15) is 0 Å². The number of hydrogen-bond acceptors (Lipinski definition) is 1. The second-order valence-electron chi connectivity index (χ2n) is 7.38. The molecule has 0 radical (unpaired) electrons. The van der Waals surface area contributed by atoms with Crippen LogP contribution in [0.2, 0.25) is 0 Å². The molecule has 3 unspecified atom stereocenters. The molecule has 0 saturated carbocycles. The van der Waals surface area contributed by atoms with Crippen LogP contribution in [0.15, 0.2) is 0 Å². The molecular weight excluding hydrogens is 270 g/mol. The van der Waals surface area contributed by atoms with Gasteiger partial charge in [-0.25, -0.2) is 4.58 Å². The number of fused-ring (bicyclic) bond motifs is 1. The average Bonchev–Trinajstić information content (AvgIpc) is 2.74. The molecule has 2 rings (SSSR count). The van der Waals surface area contributed by atoms with E-state index in [9.17, 15) is 0 Å². The van der Waals surface area contributed by atoms with Gasteiger partial charge in [-0.05, 0) is 39.0 Å². The first-order chi connectivity index (χ1) is 10.8. The van der Waals surface area contributed by atoms with Crippen LogP contribution in [0.3, 0.4) is 0 Å². The first-order valence-electron chi connectivity index (χ1n) is 10.0.